The first kappa shape index (κ1) is 17.6. The minimum absolute atomic E-state index is 0.00997. The molecule has 1 aliphatic rings. The van der Waals surface area contributed by atoms with Crippen molar-refractivity contribution >= 4 is 5.91 Å². The quantitative estimate of drug-likeness (QED) is 0.902. The molecule has 0 saturated carbocycles. The lowest BCUT2D eigenvalue weighted by Gasteiger charge is -2.30. The maximum Gasteiger partial charge on any atom is 0.248 e. The number of hydrogen-bond acceptors (Lipinski definition) is 4. The van der Waals surface area contributed by atoms with E-state index in [1.165, 1.54) is 5.56 Å². The number of carbonyl (C=O) groups excluding carboxylic acids is 1. The molecule has 25 heavy (non-hydrogen) atoms. The van der Waals surface area contributed by atoms with E-state index in [1.807, 2.05) is 43.9 Å². The van der Waals surface area contributed by atoms with Gasteiger partial charge in [0.15, 0.2) is 0 Å². The van der Waals surface area contributed by atoms with Gasteiger partial charge in [-0.05, 0) is 31.2 Å². The van der Waals surface area contributed by atoms with Crippen LogP contribution in [0, 0.1) is 12.8 Å². The maximum absolute atomic E-state index is 13.3. The van der Waals surface area contributed by atoms with Crippen LogP contribution in [0.5, 0.6) is 0 Å². The highest BCUT2D eigenvalue weighted by Crippen LogP contribution is 2.28. The Balaban J connectivity index is 1.82. The van der Waals surface area contributed by atoms with Crippen LogP contribution in [-0.2, 0) is 11.2 Å². The number of rotatable bonds is 5. The number of amides is 1. The van der Waals surface area contributed by atoms with E-state index in [0.717, 1.165) is 12.1 Å². The predicted molar refractivity (Wildman–Crippen MR) is 94.9 cm³/mol. The number of aliphatic hydroxyl groups is 1. The van der Waals surface area contributed by atoms with Crippen LogP contribution in [-0.4, -0.2) is 49.6 Å². The minimum Gasteiger partial charge on any atom is -0.391 e. The Bertz CT molecular complexity index is 713. The lowest BCUT2D eigenvalue weighted by molar-refractivity contribution is -0.137. The Hall–Kier alpha value is -2.21. The van der Waals surface area contributed by atoms with Crippen molar-refractivity contribution in [2.75, 3.05) is 6.54 Å². The topological polar surface area (TPSA) is 71.2 Å². The van der Waals surface area contributed by atoms with Gasteiger partial charge in [-0.2, -0.15) is 0 Å². The number of benzene rings is 1. The molecule has 0 spiro atoms. The molecule has 1 saturated heterocycles. The summed E-state index contributed by atoms with van der Waals surface area (Å²) in [6.45, 7) is 6.27. The molecular weight excluding hydrogens is 316 g/mol. The van der Waals surface area contributed by atoms with Crippen molar-refractivity contribution in [3.05, 3.63) is 47.8 Å². The summed E-state index contributed by atoms with van der Waals surface area (Å²) in [5.41, 5.74) is 1.97. The number of hydrogen-bond donors (Lipinski definition) is 1. The van der Waals surface area contributed by atoms with Crippen molar-refractivity contribution in [3.63, 3.8) is 0 Å². The monoisotopic (exact) mass is 342 g/mol. The molecule has 1 aromatic carbocycles. The molecule has 3 rings (SSSR count). The largest absolute Gasteiger partial charge is 0.391 e. The predicted octanol–water partition coefficient (Wildman–Crippen LogP) is 1.99. The summed E-state index contributed by atoms with van der Waals surface area (Å²) >= 11 is 0. The summed E-state index contributed by atoms with van der Waals surface area (Å²) in [5, 5.41) is 18.3. The molecule has 2 aromatic rings. The van der Waals surface area contributed by atoms with Gasteiger partial charge in [0.2, 0.25) is 5.91 Å². The maximum atomic E-state index is 13.3. The van der Waals surface area contributed by atoms with Crippen molar-refractivity contribution in [1.82, 2.24) is 19.9 Å². The van der Waals surface area contributed by atoms with Crippen molar-refractivity contribution < 1.29 is 9.90 Å². The fraction of sp³-hybridized carbons (Fsp3) is 0.526. The Morgan fingerprint density at radius 3 is 2.64 bits per heavy atom. The molecule has 2 heterocycles. The lowest BCUT2D eigenvalue weighted by atomic mass is 10.00. The summed E-state index contributed by atoms with van der Waals surface area (Å²) < 4.78 is 1.66. The number of aliphatic hydroxyl groups excluding tert-OH is 1. The highest BCUT2D eigenvalue weighted by Gasteiger charge is 2.39. The van der Waals surface area contributed by atoms with Crippen molar-refractivity contribution in [3.8, 4) is 0 Å². The molecule has 3 atom stereocenters. The molecule has 6 nitrogen and oxygen atoms in total. The van der Waals surface area contributed by atoms with Crippen molar-refractivity contribution in [2.45, 2.75) is 51.8 Å². The molecule has 1 N–H and O–H groups in total. The first-order valence-corrected chi connectivity index (χ1v) is 8.86. The molecule has 1 aliphatic heterocycles. The fourth-order valence-corrected chi connectivity index (χ4v) is 3.62. The lowest BCUT2D eigenvalue weighted by Crippen LogP contribution is -2.43. The number of aromatic nitrogens is 3. The van der Waals surface area contributed by atoms with E-state index < -0.39 is 12.1 Å². The van der Waals surface area contributed by atoms with Crippen LogP contribution in [0.25, 0.3) is 0 Å². The summed E-state index contributed by atoms with van der Waals surface area (Å²) in [6.07, 6.45) is 2.71. The van der Waals surface area contributed by atoms with Crippen LogP contribution in [0.2, 0.25) is 0 Å². The second-order valence-electron chi connectivity index (χ2n) is 7.25. The zero-order valence-corrected chi connectivity index (χ0v) is 15.0. The number of nitrogens with zero attached hydrogens (tertiary/aromatic N) is 4. The average Bonchev–Trinajstić information content (AvgIpc) is 3.14. The summed E-state index contributed by atoms with van der Waals surface area (Å²) in [4.78, 5) is 15.1. The van der Waals surface area contributed by atoms with Gasteiger partial charge in [0, 0.05) is 18.8 Å². The SMILES string of the molecule is Cc1cn([C@H](C(=O)N2C[C@H](O)C[C@@H]2Cc2ccccc2)C(C)C)nn1. The number of likely N-dealkylation sites (tertiary alicyclic amines) is 1. The van der Waals surface area contributed by atoms with E-state index in [2.05, 4.69) is 22.4 Å². The first-order valence-electron chi connectivity index (χ1n) is 8.86. The first-order chi connectivity index (χ1) is 12.0. The second-order valence-corrected chi connectivity index (χ2v) is 7.25. The minimum atomic E-state index is -0.469. The average molecular weight is 342 g/mol. The van der Waals surface area contributed by atoms with Gasteiger partial charge in [0.1, 0.15) is 6.04 Å². The molecule has 1 fully saturated rings. The van der Waals surface area contributed by atoms with E-state index in [-0.39, 0.29) is 17.9 Å². The van der Waals surface area contributed by atoms with Gasteiger partial charge >= 0.3 is 0 Å². The van der Waals surface area contributed by atoms with Crippen LogP contribution in [0.1, 0.15) is 37.6 Å². The van der Waals surface area contributed by atoms with Gasteiger partial charge in [-0.15, -0.1) is 5.10 Å². The molecule has 134 valence electrons. The molecule has 0 unspecified atom stereocenters. The van der Waals surface area contributed by atoms with Crippen LogP contribution < -0.4 is 0 Å². The highest BCUT2D eigenvalue weighted by atomic mass is 16.3. The Morgan fingerprint density at radius 1 is 1.32 bits per heavy atom. The van der Waals surface area contributed by atoms with E-state index in [4.69, 9.17) is 0 Å². The number of β-amino-alcohol motifs (C(OH)–C–C–N with tert-alkyl or cyclic N) is 1. The molecule has 0 radical (unpaired) electrons. The molecule has 6 heteroatoms. The van der Waals surface area contributed by atoms with Crippen LogP contribution >= 0.6 is 0 Å². The Morgan fingerprint density at radius 2 is 2.04 bits per heavy atom. The zero-order valence-electron chi connectivity index (χ0n) is 15.0. The normalized spacial score (nSPS) is 21.7. The molecule has 0 aliphatic carbocycles. The van der Waals surface area contributed by atoms with E-state index in [0.29, 0.717) is 13.0 Å². The van der Waals surface area contributed by atoms with E-state index in [9.17, 15) is 9.90 Å². The van der Waals surface area contributed by atoms with Crippen LogP contribution in [0.3, 0.4) is 0 Å². The smallest absolute Gasteiger partial charge is 0.248 e. The van der Waals surface area contributed by atoms with Gasteiger partial charge in [-0.25, -0.2) is 4.68 Å². The van der Waals surface area contributed by atoms with Gasteiger partial charge in [0.25, 0.3) is 0 Å². The van der Waals surface area contributed by atoms with Crippen LogP contribution in [0.4, 0.5) is 0 Å². The van der Waals surface area contributed by atoms with Crippen molar-refractivity contribution in [1.29, 1.82) is 0 Å². The van der Waals surface area contributed by atoms with Gasteiger partial charge < -0.3 is 10.0 Å². The standard InChI is InChI=1S/C19H26N4O2/c1-13(2)18(23-11-14(3)20-21-23)19(25)22-12-17(24)10-16(22)9-15-7-5-4-6-8-15/h4-8,11,13,16-18,24H,9-10,12H2,1-3H3/t16-,17+,18-/m0/s1. The third kappa shape index (κ3) is 3.90. The summed E-state index contributed by atoms with van der Waals surface area (Å²) in [5.74, 6) is 0.0982. The summed E-state index contributed by atoms with van der Waals surface area (Å²) in [6, 6.07) is 9.73. The third-order valence-corrected chi connectivity index (χ3v) is 4.78. The zero-order chi connectivity index (χ0) is 18.0. The van der Waals surface area contributed by atoms with E-state index in [1.54, 1.807) is 10.9 Å². The Kier molecular flexibility index (Phi) is 5.18. The Labute approximate surface area is 148 Å². The number of aryl methyl sites for hydroxylation is 1. The molecule has 1 amide bonds. The van der Waals surface area contributed by atoms with E-state index >= 15 is 0 Å². The fourth-order valence-electron chi connectivity index (χ4n) is 3.62. The summed E-state index contributed by atoms with van der Waals surface area (Å²) in [7, 11) is 0. The second kappa shape index (κ2) is 7.35. The third-order valence-electron chi connectivity index (χ3n) is 4.78. The molecule has 0 bridgehead atoms. The van der Waals surface area contributed by atoms with Gasteiger partial charge in [-0.3, -0.25) is 4.79 Å². The molecular formula is C19H26N4O2. The molecule has 1 aromatic heterocycles. The van der Waals surface area contributed by atoms with Gasteiger partial charge in [-0.1, -0.05) is 49.4 Å². The number of carbonyl (C=O) groups is 1. The van der Waals surface area contributed by atoms with Gasteiger partial charge in [0.05, 0.1) is 11.8 Å². The van der Waals surface area contributed by atoms with Crippen molar-refractivity contribution in [2.24, 2.45) is 5.92 Å². The van der Waals surface area contributed by atoms with Crippen LogP contribution in [0.15, 0.2) is 36.5 Å². The highest BCUT2D eigenvalue weighted by molar-refractivity contribution is 5.81.